The minimum Gasteiger partial charge on any atom is -0.465 e. The van der Waals surface area contributed by atoms with Gasteiger partial charge < -0.3 is 9.30 Å². The van der Waals surface area contributed by atoms with Crippen LogP contribution in [0.15, 0.2) is 51.8 Å². The maximum absolute atomic E-state index is 12.6. The highest BCUT2D eigenvalue weighted by atomic mass is 35.5. The number of fused-ring (bicyclic) bond motifs is 1. The topological polar surface area (TPSA) is 77.7 Å². The number of ether oxygens (including phenoxy) is 1. The molecule has 3 rings (SSSR count). The summed E-state index contributed by atoms with van der Waals surface area (Å²) in [6.45, 7) is 0.131. The number of halogens is 1. The minimum atomic E-state index is -3.95. The molecular formula is C18H13ClN2O4S2. The Hall–Kier alpha value is -2.60. The lowest BCUT2D eigenvalue weighted by Crippen LogP contribution is -2.16. The molecule has 0 N–H and O–H groups in total. The summed E-state index contributed by atoms with van der Waals surface area (Å²) in [7, 11) is -2.66. The van der Waals surface area contributed by atoms with Crippen LogP contribution in [-0.2, 0) is 21.3 Å². The normalized spacial score (nSPS) is 12.1. The van der Waals surface area contributed by atoms with Crippen molar-refractivity contribution in [2.24, 2.45) is 4.40 Å². The zero-order valence-corrected chi connectivity index (χ0v) is 16.4. The largest absolute Gasteiger partial charge is 0.465 e. The number of aromatic nitrogens is 1. The fourth-order valence-electron chi connectivity index (χ4n) is 2.39. The van der Waals surface area contributed by atoms with Crippen molar-refractivity contribution < 1.29 is 17.9 Å². The molecular weight excluding hydrogens is 408 g/mol. The van der Waals surface area contributed by atoms with E-state index in [0.29, 0.717) is 20.8 Å². The Kier molecular flexibility index (Phi) is 5.37. The lowest BCUT2D eigenvalue weighted by atomic mass is 10.2. The number of hydrogen-bond donors (Lipinski definition) is 0. The second-order valence-electron chi connectivity index (χ2n) is 5.37. The Balaban J connectivity index is 2.21. The Labute approximate surface area is 164 Å². The Morgan fingerprint density at radius 1 is 1.30 bits per heavy atom. The van der Waals surface area contributed by atoms with Gasteiger partial charge in [0, 0.05) is 5.02 Å². The van der Waals surface area contributed by atoms with E-state index < -0.39 is 16.0 Å². The van der Waals surface area contributed by atoms with Gasteiger partial charge in [-0.15, -0.1) is 10.8 Å². The first-order valence-electron chi connectivity index (χ1n) is 7.57. The van der Waals surface area contributed by atoms with Gasteiger partial charge in [0.25, 0.3) is 10.0 Å². The molecule has 0 atom stereocenters. The van der Waals surface area contributed by atoms with Gasteiger partial charge in [-0.05, 0) is 42.5 Å². The highest BCUT2D eigenvalue weighted by Gasteiger charge is 2.16. The van der Waals surface area contributed by atoms with Crippen LogP contribution in [0.1, 0.15) is 10.4 Å². The van der Waals surface area contributed by atoms with Crippen molar-refractivity contribution in [3.05, 3.63) is 57.9 Å². The molecule has 1 aromatic heterocycles. The molecule has 27 heavy (non-hydrogen) atoms. The third-order valence-corrected chi connectivity index (χ3v) is 6.35. The molecule has 0 amide bonds. The highest BCUT2D eigenvalue weighted by molar-refractivity contribution is 7.90. The molecule has 0 saturated carbocycles. The molecule has 3 aromatic rings. The van der Waals surface area contributed by atoms with Crippen LogP contribution in [0.4, 0.5) is 0 Å². The Morgan fingerprint density at radius 2 is 2.00 bits per heavy atom. The van der Waals surface area contributed by atoms with E-state index in [1.54, 1.807) is 22.8 Å². The molecule has 9 heteroatoms. The fourth-order valence-corrected chi connectivity index (χ4v) is 4.79. The van der Waals surface area contributed by atoms with Gasteiger partial charge in [0.2, 0.25) is 4.80 Å². The third kappa shape index (κ3) is 3.90. The summed E-state index contributed by atoms with van der Waals surface area (Å²) in [4.78, 5) is 12.0. The summed E-state index contributed by atoms with van der Waals surface area (Å²) in [5.74, 6) is 2.00. The summed E-state index contributed by atoms with van der Waals surface area (Å²) in [6, 6.07) is 10.6. The van der Waals surface area contributed by atoms with Crippen LogP contribution in [0, 0.1) is 12.3 Å². The smallest absolute Gasteiger partial charge is 0.337 e. The van der Waals surface area contributed by atoms with E-state index in [1.165, 1.54) is 31.4 Å². The van der Waals surface area contributed by atoms with Crippen LogP contribution in [-0.4, -0.2) is 26.1 Å². The molecule has 1 heterocycles. The molecule has 0 saturated heterocycles. The molecule has 138 valence electrons. The van der Waals surface area contributed by atoms with Gasteiger partial charge in [0.05, 0.1) is 34.3 Å². The predicted octanol–water partition coefficient (Wildman–Crippen LogP) is 3.07. The summed E-state index contributed by atoms with van der Waals surface area (Å²) in [6.07, 6.45) is 5.42. The summed E-state index contributed by atoms with van der Waals surface area (Å²) in [5.41, 5.74) is 1.03. The van der Waals surface area contributed by atoms with Crippen LogP contribution >= 0.6 is 22.9 Å². The first kappa shape index (κ1) is 19.2. The zero-order valence-electron chi connectivity index (χ0n) is 14.0. The maximum atomic E-state index is 12.6. The number of benzene rings is 2. The summed E-state index contributed by atoms with van der Waals surface area (Å²) >= 11 is 6.93. The molecule has 6 nitrogen and oxygen atoms in total. The first-order chi connectivity index (χ1) is 12.9. The molecule has 2 aromatic carbocycles. The van der Waals surface area contributed by atoms with E-state index in [-0.39, 0.29) is 16.2 Å². The quantitative estimate of drug-likeness (QED) is 0.480. The van der Waals surface area contributed by atoms with E-state index in [9.17, 15) is 13.2 Å². The molecule has 0 spiro atoms. The molecule has 0 aliphatic rings. The van der Waals surface area contributed by atoms with Crippen LogP contribution < -0.4 is 4.80 Å². The van der Waals surface area contributed by atoms with E-state index in [4.69, 9.17) is 22.8 Å². The van der Waals surface area contributed by atoms with Gasteiger partial charge in [-0.2, -0.15) is 8.42 Å². The number of esters is 1. The third-order valence-electron chi connectivity index (χ3n) is 3.66. The second-order valence-corrected chi connectivity index (χ2v) is 8.42. The Bertz CT molecular complexity index is 1230. The van der Waals surface area contributed by atoms with Gasteiger partial charge in [-0.25, -0.2) is 4.79 Å². The highest BCUT2D eigenvalue weighted by Crippen LogP contribution is 2.21. The molecule has 0 fully saturated rings. The monoisotopic (exact) mass is 420 g/mol. The van der Waals surface area contributed by atoms with Crippen molar-refractivity contribution in [3.63, 3.8) is 0 Å². The lowest BCUT2D eigenvalue weighted by molar-refractivity contribution is 0.0601. The fraction of sp³-hybridized carbons (Fsp3) is 0.111. The van der Waals surface area contributed by atoms with Gasteiger partial charge in [-0.3, -0.25) is 0 Å². The lowest BCUT2D eigenvalue weighted by Gasteiger charge is -2.02. The summed E-state index contributed by atoms with van der Waals surface area (Å²) < 4.78 is 36.2. The number of carbonyl (C=O) groups excluding carboxylic acids is 1. The van der Waals surface area contributed by atoms with E-state index in [0.717, 1.165) is 11.3 Å². The van der Waals surface area contributed by atoms with Gasteiger partial charge in [0.1, 0.15) is 0 Å². The average Bonchev–Trinajstić information content (AvgIpc) is 2.97. The predicted molar refractivity (Wildman–Crippen MR) is 104 cm³/mol. The maximum Gasteiger partial charge on any atom is 0.337 e. The van der Waals surface area contributed by atoms with Crippen LogP contribution in [0.5, 0.6) is 0 Å². The number of methoxy groups -OCH3 is 1. The molecule has 0 unspecified atom stereocenters. The average molecular weight is 421 g/mol. The standard InChI is InChI=1S/C18H13ClN2O4S2/c1-3-10-21-15-9-4-12(17(22)25-2)11-16(15)26-18(21)20-27(23,24)14-7-5-13(19)6-8-14/h1,4-9,11H,10H2,2H3. The minimum absolute atomic E-state index is 0.0202. The SMILES string of the molecule is C#CCn1c(=NS(=O)(=O)c2ccc(Cl)cc2)sc2cc(C(=O)OC)ccc21. The van der Waals surface area contributed by atoms with Crippen molar-refractivity contribution in [1.29, 1.82) is 0 Å². The molecule has 0 bridgehead atoms. The molecule has 0 aliphatic heterocycles. The Morgan fingerprint density at radius 3 is 2.63 bits per heavy atom. The van der Waals surface area contributed by atoms with Gasteiger partial charge in [-0.1, -0.05) is 28.9 Å². The molecule has 0 radical (unpaired) electrons. The number of nitrogens with zero attached hydrogens (tertiary/aromatic N) is 2. The number of thiazole rings is 1. The molecule has 0 aliphatic carbocycles. The van der Waals surface area contributed by atoms with Crippen molar-refractivity contribution in [2.75, 3.05) is 7.11 Å². The number of carbonyl (C=O) groups is 1. The second kappa shape index (κ2) is 7.56. The van der Waals surface area contributed by atoms with Crippen LogP contribution in [0.2, 0.25) is 5.02 Å². The summed E-state index contributed by atoms with van der Waals surface area (Å²) in [5, 5.41) is 0.425. The van der Waals surface area contributed by atoms with Crippen molar-refractivity contribution in [1.82, 2.24) is 4.57 Å². The van der Waals surface area contributed by atoms with E-state index in [1.807, 2.05) is 0 Å². The van der Waals surface area contributed by atoms with Crippen molar-refractivity contribution in [2.45, 2.75) is 11.4 Å². The van der Waals surface area contributed by atoms with Gasteiger partial charge >= 0.3 is 5.97 Å². The van der Waals surface area contributed by atoms with Crippen molar-refractivity contribution >= 4 is 49.1 Å². The van der Waals surface area contributed by atoms with E-state index >= 15 is 0 Å². The number of terminal acetylenes is 1. The van der Waals surface area contributed by atoms with Crippen molar-refractivity contribution in [3.8, 4) is 12.3 Å². The van der Waals surface area contributed by atoms with Crippen LogP contribution in [0.25, 0.3) is 10.2 Å². The number of hydrogen-bond acceptors (Lipinski definition) is 5. The van der Waals surface area contributed by atoms with Gasteiger partial charge in [0.15, 0.2) is 0 Å². The van der Waals surface area contributed by atoms with E-state index in [2.05, 4.69) is 10.3 Å². The number of sulfonamides is 1. The first-order valence-corrected chi connectivity index (χ1v) is 10.2. The van der Waals surface area contributed by atoms with Crippen LogP contribution in [0.3, 0.4) is 0 Å². The zero-order chi connectivity index (χ0) is 19.6. The number of rotatable bonds is 4.